The molecule has 0 aliphatic rings. The summed E-state index contributed by atoms with van der Waals surface area (Å²) in [6, 6.07) is 7.01. The molecule has 1 aromatic heterocycles. The third-order valence-electron chi connectivity index (χ3n) is 3.49. The molecule has 0 unspecified atom stereocenters. The fourth-order valence-corrected chi connectivity index (χ4v) is 3.15. The maximum Gasteiger partial charge on any atom is 0.243 e. The lowest BCUT2D eigenvalue weighted by atomic mass is 10.1. The van der Waals surface area contributed by atoms with Crippen molar-refractivity contribution in [3.63, 3.8) is 0 Å². The first-order valence-corrected chi connectivity index (χ1v) is 7.77. The predicted molar refractivity (Wildman–Crippen MR) is 77.8 cm³/mol. The average molecular weight is 293 g/mol. The van der Waals surface area contributed by atoms with E-state index in [1.807, 2.05) is 26.0 Å². The molecule has 5 nitrogen and oxygen atoms in total. The van der Waals surface area contributed by atoms with E-state index >= 15 is 0 Å². The van der Waals surface area contributed by atoms with Gasteiger partial charge >= 0.3 is 0 Å². The number of sulfonamides is 1. The molecule has 2 rings (SSSR count). The molecular weight excluding hydrogens is 274 g/mol. The summed E-state index contributed by atoms with van der Waals surface area (Å²) in [6.07, 6.45) is 1.66. The lowest BCUT2D eigenvalue weighted by molar-refractivity contribution is 0.453. The second kappa shape index (κ2) is 5.38. The largest absolute Gasteiger partial charge is 0.271 e. The number of nitrogens with zero attached hydrogens (tertiary/aromatic N) is 3. The molecule has 0 fully saturated rings. The second-order valence-electron chi connectivity index (χ2n) is 4.95. The minimum absolute atomic E-state index is 0.297. The van der Waals surface area contributed by atoms with Crippen LogP contribution in [0, 0.1) is 13.8 Å². The van der Waals surface area contributed by atoms with Gasteiger partial charge in [-0.05, 0) is 43.2 Å². The Kier molecular flexibility index (Phi) is 3.96. The summed E-state index contributed by atoms with van der Waals surface area (Å²) in [5.74, 6) is 0. The van der Waals surface area contributed by atoms with Gasteiger partial charge < -0.3 is 0 Å². The molecule has 0 atom stereocenters. The van der Waals surface area contributed by atoms with Gasteiger partial charge in [-0.1, -0.05) is 6.07 Å². The second-order valence-corrected chi connectivity index (χ2v) is 7.00. The summed E-state index contributed by atoms with van der Waals surface area (Å²) >= 11 is 0. The van der Waals surface area contributed by atoms with E-state index in [2.05, 4.69) is 5.10 Å². The summed E-state index contributed by atoms with van der Waals surface area (Å²) in [6.45, 7) is 4.17. The van der Waals surface area contributed by atoms with E-state index in [-0.39, 0.29) is 0 Å². The van der Waals surface area contributed by atoms with E-state index in [0.29, 0.717) is 11.4 Å². The van der Waals surface area contributed by atoms with E-state index in [0.717, 1.165) is 16.8 Å². The Bertz CT molecular complexity index is 720. The van der Waals surface area contributed by atoms with Gasteiger partial charge in [0, 0.05) is 20.3 Å². The van der Waals surface area contributed by atoms with E-state index in [9.17, 15) is 8.42 Å². The summed E-state index contributed by atoms with van der Waals surface area (Å²) in [5.41, 5.74) is 2.90. The Morgan fingerprint density at radius 1 is 1.20 bits per heavy atom. The van der Waals surface area contributed by atoms with Gasteiger partial charge in [0.1, 0.15) is 0 Å². The summed E-state index contributed by atoms with van der Waals surface area (Å²) in [7, 11) is -0.101. The van der Waals surface area contributed by atoms with Gasteiger partial charge in [-0.25, -0.2) is 8.42 Å². The molecule has 2 aromatic rings. The molecule has 1 heterocycles. The fourth-order valence-electron chi connectivity index (χ4n) is 1.92. The van der Waals surface area contributed by atoms with Crippen LogP contribution in [0.25, 0.3) is 0 Å². The molecule has 6 heteroatoms. The number of rotatable bonds is 4. The molecule has 0 radical (unpaired) electrons. The molecular formula is C14H19N3O2S. The van der Waals surface area contributed by atoms with Crippen LogP contribution in [0.15, 0.2) is 35.4 Å². The van der Waals surface area contributed by atoms with E-state index < -0.39 is 10.0 Å². The van der Waals surface area contributed by atoms with Gasteiger partial charge in [-0.2, -0.15) is 9.40 Å². The Morgan fingerprint density at radius 3 is 2.45 bits per heavy atom. The lowest BCUT2D eigenvalue weighted by Crippen LogP contribution is -2.27. The van der Waals surface area contributed by atoms with Crippen LogP contribution in [0.2, 0.25) is 0 Å². The number of benzene rings is 1. The zero-order chi connectivity index (χ0) is 14.9. The molecule has 0 spiro atoms. The van der Waals surface area contributed by atoms with E-state index in [4.69, 9.17) is 0 Å². The summed E-state index contributed by atoms with van der Waals surface area (Å²) < 4.78 is 28.1. The van der Waals surface area contributed by atoms with Crippen LogP contribution in [0.1, 0.15) is 16.8 Å². The van der Waals surface area contributed by atoms with Crippen LogP contribution in [0.5, 0.6) is 0 Å². The van der Waals surface area contributed by atoms with Crippen molar-refractivity contribution in [2.45, 2.75) is 25.3 Å². The van der Waals surface area contributed by atoms with Crippen molar-refractivity contribution in [2.75, 3.05) is 7.05 Å². The van der Waals surface area contributed by atoms with Gasteiger partial charge in [0.15, 0.2) is 0 Å². The Labute approximate surface area is 119 Å². The van der Waals surface area contributed by atoms with Crippen molar-refractivity contribution in [2.24, 2.45) is 7.05 Å². The monoisotopic (exact) mass is 293 g/mol. The molecule has 20 heavy (non-hydrogen) atoms. The average Bonchev–Trinajstić information content (AvgIpc) is 2.78. The highest BCUT2D eigenvalue weighted by Crippen LogP contribution is 2.19. The minimum atomic E-state index is -3.48. The SMILES string of the molecule is Cc1ccc(S(=O)(=O)N(C)Cc2ccnn2C)cc1C. The molecule has 0 bridgehead atoms. The molecule has 0 saturated carbocycles. The van der Waals surface area contributed by atoms with Crippen molar-refractivity contribution in [3.05, 3.63) is 47.3 Å². The predicted octanol–water partition coefficient (Wildman–Crippen LogP) is 1.86. The maximum atomic E-state index is 12.5. The summed E-state index contributed by atoms with van der Waals surface area (Å²) in [5, 5.41) is 4.05. The lowest BCUT2D eigenvalue weighted by Gasteiger charge is -2.18. The molecule has 1 aromatic carbocycles. The van der Waals surface area contributed by atoms with Crippen molar-refractivity contribution >= 4 is 10.0 Å². The highest BCUT2D eigenvalue weighted by molar-refractivity contribution is 7.89. The van der Waals surface area contributed by atoms with Gasteiger partial charge in [-0.15, -0.1) is 0 Å². The number of aromatic nitrogens is 2. The van der Waals surface area contributed by atoms with Crippen molar-refractivity contribution < 1.29 is 8.42 Å². The van der Waals surface area contributed by atoms with Crippen LogP contribution in [0.4, 0.5) is 0 Å². The Balaban J connectivity index is 2.29. The number of hydrogen-bond acceptors (Lipinski definition) is 3. The van der Waals surface area contributed by atoms with Gasteiger partial charge in [0.25, 0.3) is 0 Å². The molecule has 0 aliphatic carbocycles. The fraction of sp³-hybridized carbons (Fsp3) is 0.357. The minimum Gasteiger partial charge on any atom is -0.271 e. The Morgan fingerprint density at radius 2 is 1.90 bits per heavy atom. The van der Waals surface area contributed by atoms with Crippen LogP contribution in [-0.2, 0) is 23.6 Å². The zero-order valence-corrected chi connectivity index (χ0v) is 13.0. The van der Waals surface area contributed by atoms with Crippen LogP contribution in [-0.4, -0.2) is 29.6 Å². The number of hydrogen-bond donors (Lipinski definition) is 0. The number of aryl methyl sites for hydroxylation is 3. The van der Waals surface area contributed by atoms with Crippen LogP contribution in [0.3, 0.4) is 0 Å². The topological polar surface area (TPSA) is 55.2 Å². The Hall–Kier alpha value is -1.66. The smallest absolute Gasteiger partial charge is 0.243 e. The van der Waals surface area contributed by atoms with Gasteiger partial charge in [-0.3, -0.25) is 4.68 Å². The molecule has 0 amide bonds. The third-order valence-corrected chi connectivity index (χ3v) is 5.29. The normalized spacial score (nSPS) is 12.1. The standard InChI is InChI=1S/C14H19N3O2S/c1-11-5-6-14(9-12(11)2)20(18,19)16(3)10-13-7-8-15-17(13)4/h5-9H,10H2,1-4H3. The van der Waals surface area contributed by atoms with E-state index in [1.54, 1.807) is 37.1 Å². The quantitative estimate of drug-likeness (QED) is 0.864. The van der Waals surface area contributed by atoms with E-state index in [1.165, 1.54) is 4.31 Å². The van der Waals surface area contributed by atoms with Gasteiger partial charge in [0.05, 0.1) is 17.1 Å². The maximum absolute atomic E-state index is 12.5. The molecule has 0 saturated heterocycles. The zero-order valence-electron chi connectivity index (χ0n) is 12.2. The highest BCUT2D eigenvalue weighted by Gasteiger charge is 2.22. The first kappa shape index (κ1) is 14.7. The molecule has 0 aliphatic heterocycles. The first-order chi connectivity index (χ1) is 9.32. The van der Waals surface area contributed by atoms with Crippen LogP contribution >= 0.6 is 0 Å². The molecule has 0 N–H and O–H groups in total. The third kappa shape index (κ3) is 2.76. The first-order valence-electron chi connectivity index (χ1n) is 6.33. The van der Waals surface area contributed by atoms with Crippen molar-refractivity contribution in [3.8, 4) is 0 Å². The molecule has 108 valence electrons. The van der Waals surface area contributed by atoms with Crippen molar-refractivity contribution in [1.29, 1.82) is 0 Å². The highest BCUT2D eigenvalue weighted by atomic mass is 32.2. The van der Waals surface area contributed by atoms with Crippen molar-refractivity contribution in [1.82, 2.24) is 14.1 Å². The summed E-state index contributed by atoms with van der Waals surface area (Å²) in [4.78, 5) is 0.324. The van der Waals surface area contributed by atoms with Gasteiger partial charge in [0.2, 0.25) is 10.0 Å². The van der Waals surface area contributed by atoms with Crippen LogP contribution < -0.4 is 0 Å².